The van der Waals surface area contributed by atoms with Crippen LogP contribution in [-0.4, -0.2) is 50.5 Å². The van der Waals surface area contributed by atoms with E-state index in [2.05, 4.69) is 25.5 Å². The lowest BCUT2D eigenvalue weighted by Gasteiger charge is -2.33. The van der Waals surface area contributed by atoms with Crippen molar-refractivity contribution in [3.63, 3.8) is 0 Å². The van der Waals surface area contributed by atoms with Gasteiger partial charge in [-0.15, -0.1) is 0 Å². The number of hydrogen-bond acceptors (Lipinski definition) is 5. The Labute approximate surface area is 139 Å². The maximum atomic E-state index is 12.8. The summed E-state index contributed by atoms with van der Waals surface area (Å²) in [4.78, 5) is 35.4. The van der Waals surface area contributed by atoms with Crippen LogP contribution in [0.4, 0.5) is 0 Å². The van der Waals surface area contributed by atoms with Gasteiger partial charge in [-0.3, -0.25) is 14.7 Å². The molecule has 2 N–H and O–H groups in total. The van der Waals surface area contributed by atoms with Crippen molar-refractivity contribution in [2.24, 2.45) is 0 Å². The lowest BCUT2D eigenvalue weighted by atomic mass is 9.97. The van der Waals surface area contributed by atoms with E-state index in [-0.39, 0.29) is 11.8 Å². The summed E-state index contributed by atoms with van der Waals surface area (Å²) < 4.78 is 0. The van der Waals surface area contributed by atoms with Crippen LogP contribution in [0.5, 0.6) is 0 Å². The molecule has 3 rings (SSSR count). The van der Waals surface area contributed by atoms with Gasteiger partial charge in [-0.1, -0.05) is 0 Å². The van der Waals surface area contributed by atoms with E-state index in [1.807, 2.05) is 13.8 Å². The van der Waals surface area contributed by atoms with Gasteiger partial charge in [0.05, 0.1) is 0 Å². The zero-order chi connectivity index (χ0) is 17.3. The summed E-state index contributed by atoms with van der Waals surface area (Å²) in [5.74, 6) is 0.0837. The van der Waals surface area contributed by atoms with Gasteiger partial charge in [-0.2, -0.15) is 5.10 Å². The lowest BCUT2D eigenvalue weighted by Crippen LogP contribution is -2.44. The predicted molar refractivity (Wildman–Crippen MR) is 86.4 cm³/mol. The minimum atomic E-state index is -0.656. The largest absolute Gasteiger partial charge is 0.354 e. The van der Waals surface area contributed by atoms with Crippen LogP contribution < -0.4 is 5.32 Å². The van der Waals surface area contributed by atoms with Gasteiger partial charge in [0.1, 0.15) is 16.9 Å². The molecule has 0 aromatic carbocycles. The fourth-order valence-corrected chi connectivity index (χ4v) is 3.10. The summed E-state index contributed by atoms with van der Waals surface area (Å²) in [7, 11) is 1.56. The molecule has 0 radical (unpaired) electrons. The molecule has 1 saturated heterocycles. The number of aromatic amines is 1. The molecule has 8 nitrogen and oxygen atoms in total. The summed E-state index contributed by atoms with van der Waals surface area (Å²) >= 11 is 0. The molecule has 1 atom stereocenters. The molecule has 0 spiro atoms. The third-order valence-corrected chi connectivity index (χ3v) is 4.41. The first-order valence-electron chi connectivity index (χ1n) is 7.85. The van der Waals surface area contributed by atoms with Crippen LogP contribution in [0.3, 0.4) is 0 Å². The van der Waals surface area contributed by atoms with Crippen LogP contribution in [-0.2, 0) is 5.54 Å². The number of aromatic nitrogens is 4. The first-order chi connectivity index (χ1) is 11.5. The Hall–Kier alpha value is -2.77. The molecule has 24 heavy (non-hydrogen) atoms. The monoisotopic (exact) mass is 328 g/mol. The van der Waals surface area contributed by atoms with Gasteiger partial charge >= 0.3 is 0 Å². The molecule has 2 aromatic heterocycles. The minimum absolute atomic E-state index is 0.140. The molecule has 0 bridgehead atoms. The Kier molecular flexibility index (Phi) is 4.04. The first kappa shape index (κ1) is 16.1. The van der Waals surface area contributed by atoms with Crippen molar-refractivity contribution in [1.29, 1.82) is 0 Å². The third kappa shape index (κ3) is 2.64. The molecule has 1 fully saturated rings. The zero-order valence-electron chi connectivity index (χ0n) is 14.0. The number of hydrogen-bond donors (Lipinski definition) is 2. The molecule has 0 unspecified atom stereocenters. The van der Waals surface area contributed by atoms with Crippen molar-refractivity contribution < 1.29 is 9.59 Å². The Morgan fingerprint density at radius 2 is 2.17 bits per heavy atom. The Bertz CT molecular complexity index is 773. The summed E-state index contributed by atoms with van der Waals surface area (Å²) in [5, 5.41) is 9.12. The maximum absolute atomic E-state index is 12.8. The minimum Gasteiger partial charge on any atom is -0.354 e. The van der Waals surface area contributed by atoms with Crippen molar-refractivity contribution in [3.05, 3.63) is 41.2 Å². The SMILES string of the molecule is CNC(=O)c1cc(C)nc([C@]2(C)CCCN2C(=O)c2ccn[nH]2)n1. The molecule has 1 aliphatic heterocycles. The zero-order valence-corrected chi connectivity index (χ0v) is 14.0. The van der Waals surface area contributed by atoms with E-state index in [1.54, 1.807) is 30.3 Å². The quantitative estimate of drug-likeness (QED) is 0.875. The highest BCUT2D eigenvalue weighted by atomic mass is 16.2. The Morgan fingerprint density at radius 3 is 2.83 bits per heavy atom. The van der Waals surface area contributed by atoms with E-state index >= 15 is 0 Å². The second-order valence-electron chi connectivity index (χ2n) is 6.10. The topological polar surface area (TPSA) is 104 Å². The van der Waals surface area contributed by atoms with Crippen LogP contribution in [0.1, 0.15) is 52.3 Å². The molecule has 0 aliphatic carbocycles. The average molecular weight is 328 g/mol. The van der Waals surface area contributed by atoms with Gasteiger partial charge < -0.3 is 10.2 Å². The summed E-state index contributed by atoms with van der Waals surface area (Å²) in [5.41, 5.74) is 0.779. The fraction of sp³-hybridized carbons (Fsp3) is 0.438. The summed E-state index contributed by atoms with van der Waals surface area (Å²) in [6.45, 7) is 4.37. The van der Waals surface area contributed by atoms with E-state index in [9.17, 15) is 9.59 Å². The van der Waals surface area contributed by atoms with Gasteiger partial charge in [-0.05, 0) is 38.8 Å². The van der Waals surface area contributed by atoms with Crippen LogP contribution in [0, 0.1) is 6.92 Å². The van der Waals surface area contributed by atoms with Gasteiger partial charge in [0.25, 0.3) is 11.8 Å². The van der Waals surface area contributed by atoms with Gasteiger partial charge in [0.15, 0.2) is 5.82 Å². The van der Waals surface area contributed by atoms with Crippen LogP contribution in [0.15, 0.2) is 18.3 Å². The number of likely N-dealkylation sites (tertiary alicyclic amines) is 1. The summed E-state index contributed by atoms with van der Waals surface area (Å²) in [6, 6.07) is 3.29. The molecule has 2 aromatic rings. The van der Waals surface area contributed by atoms with E-state index < -0.39 is 5.54 Å². The van der Waals surface area contributed by atoms with Gasteiger partial charge in [0, 0.05) is 25.5 Å². The highest BCUT2D eigenvalue weighted by molar-refractivity contribution is 5.93. The molecule has 0 saturated carbocycles. The molecule has 1 aliphatic rings. The molecule has 8 heteroatoms. The third-order valence-electron chi connectivity index (χ3n) is 4.41. The maximum Gasteiger partial charge on any atom is 0.272 e. The van der Waals surface area contributed by atoms with Crippen molar-refractivity contribution in [2.75, 3.05) is 13.6 Å². The van der Waals surface area contributed by atoms with Gasteiger partial charge in [-0.25, -0.2) is 9.97 Å². The van der Waals surface area contributed by atoms with Crippen LogP contribution in [0.25, 0.3) is 0 Å². The number of nitrogens with one attached hydrogen (secondary N) is 2. The lowest BCUT2D eigenvalue weighted by molar-refractivity contribution is 0.0597. The number of H-pyrrole nitrogens is 1. The fourth-order valence-electron chi connectivity index (χ4n) is 3.10. The molecule has 2 amide bonds. The smallest absolute Gasteiger partial charge is 0.272 e. The number of amides is 2. The molecule has 3 heterocycles. The number of carbonyl (C=O) groups excluding carboxylic acids is 2. The van der Waals surface area contributed by atoms with Crippen LogP contribution in [0.2, 0.25) is 0 Å². The average Bonchev–Trinajstić information content (AvgIpc) is 3.23. The van der Waals surface area contributed by atoms with Crippen molar-refractivity contribution in [1.82, 2.24) is 30.4 Å². The van der Waals surface area contributed by atoms with E-state index in [1.165, 1.54) is 0 Å². The number of rotatable bonds is 3. The predicted octanol–water partition coefficient (Wildman–Crippen LogP) is 1.02. The second-order valence-corrected chi connectivity index (χ2v) is 6.10. The summed E-state index contributed by atoms with van der Waals surface area (Å²) in [6.07, 6.45) is 3.14. The van der Waals surface area contributed by atoms with E-state index in [0.717, 1.165) is 12.8 Å². The number of aryl methyl sites for hydroxylation is 1. The Balaban J connectivity index is 2.01. The Morgan fingerprint density at radius 1 is 1.38 bits per heavy atom. The highest BCUT2D eigenvalue weighted by Gasteiger charge is 2.44. The van der Waals surface area contributed by atoms with E-state index in [4.69, 9.17) is 0 Å². The van der Waals surface area contributed by atoms with Crippen molar-refractivity contribution >= 4 is 11.8 Å². The standard InChI is InChI=1S/C16H20N6O2/c1-10-9-12(13(23)17-3)20-15(19-10)16(2)6-4-8-22(16)14(24)11-5-7-18-21-11/h5,7,9H,4,6,8H2,1-3H3,(H,17,23)(H,18,21)/t16-/m0/s1. The van der Waals surface area contributed by atoms with E-state index in [0.29, 0.717) is 29.5 Å². The molecule has 126 valence electrons. The molecular formula is C16H20N6O2. The highest BCUT2D eigenvalue weighted by Crippen LogP contribution is 2.37. The molecular weight excluding hydrogens is 308 g/mol. The van der Waals surface area contributed by atoms with Crippen LogP contribution >= 0.6 is 0 Å². The first-order valence-corrected chi connectivity index (χ1v) is 7.85. The number of nitrogens with zero attached hydrogens (tertiary/aromatic N) is 4. The number of carbonyl (C=O) groups is 2. The second kappa shape index (κ2) is 6.03. The van der Waals surface area contributed by atoms with Crippen molar-refractivity contribution in [2.45, 2.75) is 32.2 Å². The normalized spacial score (nSPS) is 20.2. The van der Waals surface area contributed by atoms with Crippen molar-refractivity contribution in [3.8, 4) is 0 Å². The van der Waals surface area contributed by atoms with Gasteiger partial charge in [0.2, 0.25) is 0 Å².